The number of rotatable bonds is 2. The van der Waals surface area contributed by atoms with Crippen LogP contribution >= 0.6 is 0 Å². The molecule has 74 valence electrons. The summed E-state index contributed by atoms with van der Waals surface area (Å²) in [5, 5.41) is 3.74. The van der Waals surface area contributed by atoms with Gasteiger partial charge in [0.05, 0.1) is 6.20 Å². The quantitative estimate of drug-likeness (QED) is 0.699. The zero-order chi connectivity index (χ0) is 10.1. The first-order valence-corrected chi connectivity index (χ1v) is 4.71. The summed E-state index contributed by atoms with van der Waals surface area (Å²) in [6.07, 6.45) is 4.68. The van der Waals surface area contributed by atoms with Crippen LogP contribution in [0.3, 0.4) is 0 Å². The van der Waals surface area contributed by atoms with Gasteiger partial charge in [0.1, 0.15) is 6.26 Å². The Morgan fingerprint density at radius 2 is 1.85 bits per heavy atom. The second kappa shape index (κ2) is 3.17. The topological polar surface area (TPSA) is 26.0 Å². The first-order chi connectivity index (χ1) is 5.81. The van der Waals surface area contributed by atoms with Gasteiger partial charge in [0.15, 0.2) is 0 Å². The largest absolute Gasteiger partial charge is 0.364 e. The molecule has 0 atom stereocenters. The molecule has 2 heteroatoms. The lowest BCUT2D eigenvalue weighted by atomic mass is 9.73. The molecule has 1 heterocycles. The van der Waals surface area contributed by atoms with Crippen molar-refractivity contribution in [3.05, 3.63) is 18.0 Å². The van der Waals surface area contributed by atoms with Gasteiger partial charge in [-0.2, -0.15) is 0 Å². The average molecular weight is 181 g/mol. The Bertz CT molecular complexity index is 254. The predicted octanol–water partition coefficient (Wildman–Crippen LogP) is 3.39. The van der Waals surface area contributed by atoms with E-state index in [9.17, 15) is 0 Å². The second-order valence-corrected chi connectivity index (χ2v) is 5.53. The molecule has 0 spiro atoms. The van der Waals surface area contributed by atoms with Gasteiger partial charge in [-0.05, 0) is 17.3 Å². The lowest BCUT2D eigenvalue weighted by molar-refractivity contribution is 0.283. The summed E-state index contributed by atoms with van der Waals surface area (Å²) in [4.78, 5) is 0. The van der Waals surface area contributed by atoms with E-state index in [0.29, 0.717) is 5.41 Å². The molecule has 0 aromatic carbocycles. The molecule has 0 saturated carbocycles. The molecule has 0 aliphatic rings. The van der Waals surface area contributed by atoms with Crippen LogP contribution in [0.2, 0.25) is 0 Å². The smallest absolute Gasteiger partial charge is 0.127 e. The van der Waals surface area contributed by atoms with E-state index >= 15 is 0 Å². The van der Waals surface area contributed by atoms with Crippen molar-refractivity contribution < 1.29 is 4.52 Å². The highest BCUT2D eigenvalue weighted by atomic mass is 16.5. The molecule has 0 radical (unpaired) electrons. The maximum absolute atomic E-state index is 4.87. The SMILES string of the molecule is CC(C)(C)CC(C)(C)c1cnoc1. The van der Waals surface area contributed by atoms with Gasteiger partial charge in [0, 0.05) is 5.56 Å². The molecule has 0 saturated heterocycles. The molecule has 1 aromatic heterocycles. The molecule has 0 unspecified atom stereocenters. The Morgan fingerprint density at radius 1 is 1.23 bits per heavy atom. The van der Waals surface area contributed by atoms with Crippen molar-refractivity contribution in [1.82, 2.24) is 5.16 Å². The number of hydrogen-bond acceptors (Lipinski definition) is 2. The van der Waals surface area contributed by atoms with Crippen LogP contribution in [0, 0.1) is 5.41 Å². The number of aromatic nitrogens is 1. The summed E-state index contributed by atoms with van der Waals surface area (Å²) < 4.78 is 4.87. The third kappa shape index (κ3) is 2.87. The van der Waals surface area contributed by atoms with E-state index < -0.39 is 0 Å². The van der Waals surface area contributed by atoms with E-state index in [0.717, 1.165) is 6.42 Å². The lowest BCUT2D eigenvalue weighted by Crippen LogP contribution is -2.24. The van der Waals surface area contributed by atoms with Crippen molar-refractivity contribution in [3.63, 3.8) is 0 Å². The molecule has 0 amide bonds. The molecular formula is C11H19NO. The minimum absolute atomic E-state index is 0.151. The van der Waals surface area contributed by atoms with Crippen molar-refractivity contribution in [3.8, 4) is 0 Å². The van der Waals surface area contributed by atoms with E-state index in [1.807, 2.05) is 6.20 Å². The second-order valence-electron chi connectivity index (χ2n) is 5.53. The lowest BCUT2D eigenvalue weighted by Gasteiger charge is -2.31. The van der Waals surface area contributed by atoms with Gasteiger partial charge in [-0.3, -0.25) is 0 Å². The van der Waals surface area contributed by atoms with Gasteiger partial charge >= 0.3 is 0 Å². The van der Waals surface area contributed by atoms with Crippen LogP contribution in [-0.2, 0) is 5.41 Å². The normalized spacial score (nSPS) is 13.3. The van der Waals surface area contributed by atoms with Gasteiger partial charge < -0.3 is 4.52 Å². The Labute approximate surface area is 80.3 Å². The van der Waals surface area contributed by atoms with E-state index in [4.69, 9.17) is 4.52 Å². The summed E-state index contributed by atoms with van der Waals surface area (Å²) >= 11 is 0. The first kappa shape index (κ1) is 10.3. The van der Waals surface area contributed by atoms with E-state index in [-0.39, 0.29) is 5.41 Å². The summed E-state index contributed by atoms with van der Waals surface area (Å²) in [5.74, 6) is 0. The first-order valence-electron chi connectivity index (χ1n) is 4.71. The van der Waals surface area contributed by atoms with Gasteiger partial charge in [0.2, 0.25) is 0 Å². The average Bonchev–Trinajstić information content (AvgIpc) is 2.29. The van der Waals surface area contributed by atoms with Crippen molar-refractivity contribution in [2.24, 2.45) is 5.41 Å². The van der Waals surface area contributed by atoms with Gasteiger partial charge in [-0.1, -0.05) is 39.8 Å². The monoisotopic (exact) mass is 181 g/mol. The Kier molecular flexibility index (Phi) is 2.51. The highest BCUT2D eigenvalue weighted by molar-refractivity contribution is 5.15. The third-order valence-corrected chi connectivity index (χ3v) is 2.19. The van der Waals surface area contributed by atoms with Crippen molar-refractivity contribution in [1.29, 1.82) is 0 Å². The minimum atomic E-state index is 0.151. The van der Waals surface area contributed by atoms with Crippen LogP contribution in [0.25, 0.3) is 0 Å². The molecule has 2 nitrogen and oxygen atoms in total. The fraction of sp³-hybridized carbons (Fsp3) is 0.727. The van der Waals surface area contributed by atoms with E-state index in [2.05, 4.69) is 39.8 Å². The molecule has 13 heavy (non-hydrogen) atoms. The molecular weight excluding hydrogens is 162 g/mol. The zero-order valence-corrected chi connectivity index (χ0v) is 9.22. The standard InChI is InChI=1S/C11H19NO/c1-10(2,3)8-11(4,5)9-6-12-13-7-9/h6-7H,8H2,1-5H3. The molecule has 1 rings (SSSR count). The van der Waals surface area contributed by atoms with E-state index in [1.54, 1.807) is 6.26 Å². The Balaban J connectivity index is 2.78. The van der Waals surface area contributed by atoms with Crippen molar-refractivity contribution >= 4 is 0 Å². The molecule has 0 bridgehead atoms. The van der Waals surface area contributed by atoms with Gasteiger partial charge in [-0.15, -0.1) is 0 Å². The fourth-order valence-corrected chi connectivity index (χ4v) is 1.97. The van der Waals surface area contributed by atoms with E-state index in [1.165, 1.54) is 5.56 Å². The van der Waals surface area contributed by atoms with Crippen LogP contribution in [0.5, 0.6) is 0 Å². The Morgan fingerprint density at radius 3 is 2.23 bits per heavy atom. The highest BCUT2D eigenvalue weighted by Gasteiger charge is 2.28. The molecule has 0 aliphatic carbocycles. The number of nitrogens with zero attached hydrogens (tertiary/aromatic N) is 1. The summed E-state index contributed by atoms with van der Waals surface area (Å²) in [7, 11) is 0. The predicted molar refractivity (Wildman–Crippen MR) is 53.6 cm³/mol. The minimum Gasteiger partial charge on any atom is -0.364 e. The summed E-state index contributed by atoms with van der Waals surface area (Å²) in [5.41, 5.74) is 1.67. The summed E-state index contributed by atoms with van der Waals surface area (Å²) in [6.45, 7) is 11.2. The van der Waals surface area contributed by atoms with Crippen molar-refractivity contribution in [2.75, 3.05) is 0 Å². The summed E-state index contributed by atoms with van der Waals surface area (Å²) in [6, 6.07) is 0. The highest BCUT2D eigenvalue weighted by Crippen LogP contribution is 2.35. The number of hydrogen-bond donors (Lipinski definition) is 0. The molecule has 0 N–H and O–H groups in total. The van der Waals surface area contributed by atoms with Crippen molar-refractivity contribution in [2.45, 2.75) is 46.5 Å². The van der Waals surface area contributed by atoms with Gasteiger partial charge in [-0.25, -0.2) is 0 Å². The van der Waals surface area contributed by atoms with Crippen LogP contribution in [0.1, 0.15) is 46.6 Å². The molecule has 1 aromatic rings. The van der Waals surface area contributed by atoms with Crippen LogP contribution in [0.4, 0.5) is 0 Å². The van der Waals surface area contributed by atoms with Gasteiger partial charge in [0.25, 0.3) is 0 Å². The van der Waals surface area contributed by atoms with Crippen LogP contribution < -0.4 is 0 Å². The maximum Gasteiger partial charge on any atom is 0.127 e. The third-order valence-electron chi connectivity index (χ3n) is 2.19. The van der Waals surface area contributed by atoms with Crippen LogP contribution in [0.15, 0.2) is 17.0 Å². The zero-order valence-electron chi connectivity index (χ0n) is 9.22. The Hall–Kier alpha value is -0.790. The van der Waals surface area contributed by atoms with Crippen LogP contribution in [-0.4, -0.2) is 5.16 Å². The molecule has 0 fully saturated rings. The maximum atomic E-state index is 4.87. The fourth-order valence-electron chi connectivity index (χ4n) is 1.97. The molecule has 0 aliphatic heterocycles.